The van der Waals surface area contributed by atoms with Gasteiger partial charge in [-0.3, -0.25) is 13.9 Å². The number of thiophene rings is 1. The van der Waals surface area contributed by atoms with E-state index < -0.39 is 17.2 Å². The van der Waals surface area contributed by atoms with E-state index in [2.05, 4.69) is 4.98 Å². The van der Waals surface area contributed by atoms with Crippen LogP contribution in [0.3, 0.4) is 0 Å². The van der Waals surface area contributed by atoms with Gasteiger partial charge in [0, 0.05) is 24.5 Å². The molecule has 7 nitrogen and oxygen atoms in total. The first-order valence-corrected chi connectivity index (χ1v) is 7.56. The van der Waals surface area contributed by atoms with Crippen molar-refractivity contribution in [2.24, 2.45) is 14.1 Å². The molecule has 3 rings (SSSR count). The van der Waals surface area contributed by atoms with Crippen molar-refractivity contribution >= 4 is 28.3 Å². The Labute approximate surface area is 134 Å². The Morgan fingerprint density at radius 2 is 2.00 bits per heavy atom. The third-order valence-electron chi connectivity index (χ3n) is 3.59. The quantitative estimate of drug-likeness (QED) is 0.658. The standard InChI is InChI=1S/C15H13N3O4S/c1-17-12-11(13(19)18(2)15(17)21)8(10-5-4-6-23-10)7-9(16-12)14(20)22-3/h4-7H,1-3H3. The Balaban J connectivity index is 2.56. The van der Waals surface area contributed by atoms with Crippen molar-refractivity contribution in [3.05, 3.63) is 50.1 Å². The summed E-state index contributed by atoms with van der Waals surface area (Å²) in [7, 11) is 4.18. The molecule has 0 fully saturated rings. The molecule has 0 unspecified atom stereocenters. The second-order valence-electron chi connectivity index (χ2n) is 4.93. The van der Waals surface area contributed by atoms with E-state index in [-0.39, 0.29) is 11.3 Å². The highest BCUT2D eigenvalue weighted by molar-refractivity contribution is 7.13. The summed E-state index contributed by atoms with van der Waals surface area (Å²) in [5, 5.41) is 2.16. The first-order valence-electron chi connectivity index (χ1n) is 6.68. The molecule has 3 heterocycles. The highest BCUT2D eigenvalue weighted by Crippen LogP contribution is 2.29. The number of pyridine rings is 1. The molecule has 0 aliphatic heterocycles. The zero-order valence-corrected chi connectivity index (χ0v) is 13.5. The summed E-state index contributed by atoms with van der Waals surface area (Å²) in [5.41, 5.74) is -0.192. The zero-order valence-electron chi connectivity index (χ0n) is 12.7. The van der Waals surface area contributed by atoms with Crippen LogP contribution in [0.5, 0.6) is 0 Å². The molecule has 118 valence electrons. The average molecular weight is 331 g/mol. The molecule has 0 aromatic carbocycles. The molecule has 0 aliphatic rings. The van der Waals surface area contributed by atoms with Gasteiger partial charge in [0.05, 0.1) is 12.5 Å². The molecular formula is C15H13N3O4S. The van der Waals surface area contributed by atoms with Crippen molar-refractivity contribution < 1.29 is 9.53 Å². The molecule has 3 aromatic rings. The van der Waals surface area contributed by atoms with Crippen LogP contribution in [0.2, 0.25) is 0 Å². The fourth-order valence-electron chi connectivity index (χ4n) is 2.39. The van der Waals surface area contributed by atoms with Crippen molar-refractivity contribution in [2.45, 2.75) is 0 Å². The fraction of sp³-hybridized carbons (Fsp3) is 0.200. The van der Waals surface area contributed by atoms with Crippen LogP contribution in [0.25, 0.3) is 21.5 Å². The second-order valence-corrected chi connectivity index (χ2v) is 5.88. The Hall–Kier alpha value is -2.74. The van der Waals surface area contributed by atoms with Gasteiger partial charge in [-0.05, 0) is 17.5 Å². The van der Waals surface area contributed by atoms with Gasteiger partial charge in [-0.1, -0.05) is 6.07 Å². The minimum atomic E-state index is -0.627. The lowest BCUT2D eigenvalue weighted by Gasteiger charge is -2.11. The molecule has 0 amide bonds. The van der Waals surface area contributed by atoms with E-state index in [1.165, 1.54) is 43.2 Å². The van der Waals surface area contributed by atoms with E-state index in [0.29, 0.717) is 10.9 Å². The predicted molar refractivity (Wildman–Crippen MR) is 86.9 cm³/mol. The molecule has 3 aromatic heterocycles. The maximum absolute atomic E-state index is 12.6. The normalized spacial score (nSPS) is 10.9. The van der Waals surface area contributed by atoms with Crippen molar-refractivity contribution in [2.75, 3.05) is 7.11 Å². The number of rotatable bonds is 2. The number of aromatic nitrogens is 3. The molecule has 0 radical (unpaired) electrons. The molecular weight excluding hydrogens is 318 g/mol. The highest BCUT2D eigenvalue weighted by Gasteiger charge is 2.20. The molecule has 8 heteroatoms. The SMILES string of the molecule is COC(=O)c1cc(-c2cccs2)c2c(=O)n(C)c(=O)n(C)c2n1. The number of carbonyl (C=O) groups excluding carboxylic acids is 1. The second kappa shape index (κ2) is 5.47. The maximum Gasteiger partial charge on any atom is 0.356 e. The van der Waals surface area contributed by atoms with Gasteiger partial charge in [-0.2, -0.15) is 0 Å². The van der Waals surface area contributed by atoms with E-state index in [1.807, 2.05) is 17.5 Å². The fourth-order valence-corrected chi connectivity index (χ4v) is 3.14. The molecule has 0 bridgehead atoms. The van der Waals surface area contributed by atoms with Crippen LogP contribution in [0, 0.1) is 0 Å². The summed E-state index contributed by atoms with van der Waals surface area (Å²) in [5.74, 6) is -0.627. The summed E-state index contributed by atoms with van der Waals surface area (Å²) < 4.78 is 6.99. The number of aryl methyl sites for hydroxylation is 1. The number of esters is 1. The van der Waals surface area contributed by atoms with Gasteiger partial charge in [0.1, 0.15) is 0 Å². The van der Waals surface area contributed by atoms with Gasteiger partial charge in [-0.15, -0.1) is 11.3 Å². The zero-order chi connectivity index (χ0) is 16.7. The molecule has 0 aliphatic carbocycles. The topological polar surface area (TPSA) is 83.2 Å². The van der Waals surface area contributed by atoms with E-state index in [1.54, 1.807) is 0 Å². The minimum absolute atomic E-state index is 0.0478. The van der Waals surface area contributed by atoms with E-state index >= 15 is 0 Å². The van der Waals surface area contributed by atoms with Gasteiger partial charge < -0.3 is 4.74 Å². The highest BCUT2D eigenvalue weighted by atomic mass is 32.1. The smallest absolute Gasteiger partial charge is 0.356 e. The molecule has 0 saturated carbocycles. The number of hydrogen-bond donors (Lipinski definition) is 0. The Morgan fingerprint density at radius 3 is 2.61 bits per heavy atom. The molecule has 0 atom stereocenters. The molecule has 0 spiro atoms. The molecule has 0 saturated heterocycles. The van der Waals surface area contributed by atoms with Gasteiger partial charge in [0.15, 0.2) is 11.3 Å². The lowest BCUT2D eigenvalue weighted by molar-refractivity contribution is 0.0594. The van der Waals surface area contributed by atoms with E-state index in [4.69, 9.17) is 4.74 Å². The average Bonchev–Trinajstić information content (AvgIpc) is 3.10. The van der Waals surface area contributed by atoms with Gasteiger partial charge >= 0.3 is 11.7 Å². The number of hydrogen-bond acceptors (Lipinski definition) is 6. The molecule has 0 N–H and O–H groups in total. The van der Waals surface area contributed by atoms with Gasteiger partial charge in [-0.25, -0.2) is 14.6 Å². The van der Waals surface area contributed by atoms with Crippen molar-refractivity contribution in [1.29, 1.82) is 0 Å². The summed E-state index contributed by atoms with van der Waals surface area (Å²) in [4.78, 5) is 41.5. The Kier molecular flexibility index (Phi) is 3.61. The monoisotopic (exact) mass is 331 g/mol. The third kappa shape index (κ3) is 2.27. The van der Waals surface area contributed by atoms with Crippen LogP contribution >= 0.6 is 11.3 Å². The largest absolute Gasteiger partial charge is 0.464 e. The Morgan fingerprint density at radius 1 is 1.26 bits per heavy atom. The van der Waals surface area contributed by atoms with Crippen LogP contribution in [0.4, 0.5) is 0 Å². The van der Waals surface area contributed by atoms with Crippen molar-refractivity contribution in [1.82, 2.24) is 14.1 Å². The van der Waals surface area contributed by atoms with Gasteiger partial charge in [0.25, 0.3) is 5.56 Å². The first kappa shape index (κ1) is 15.2. The predicted octanol–water partition coefficient (Wildman–Crippen LogP) is 1.15. The van der Waals surface area contributed by atoms with Gasteiger partial charge in [0.2, 0.25) is 0 Å². The number of carbonyl (C=O) groups is 1. The Bertz CT molecular complexity index is 1030. The molecule has 23 heavy (non-hydrogen) atoms. The minimum Gasteiger partial charge on any atom is -0.464 e. The lowest BCUT2D eigenvalue weighted by atomic mass is 10.1. The van der Waals surface area contributed by atoms with Crippen LogP contribution in [-0.2, 0) is 18.8 Å². The summed E-state index contributed by atoms with van der Waals surface area (Å²) in [6, 6.07) is 5.20. The summed E-state index contributed by atoms with van der Waals surface area (Å²) in [6.07, 6.45) is 0. The summed E-state index contributed by atoms with van der Waals surface area (Å²) in [6.45, 7) is 0. The number of fused-ring (bicyclic) bond motifs is 1. The number of methoxy groups -OCH3 is 1. The van der Waals surface area contributed by atoms with Crippen molar-refractivity contribution in [3.8, 4) is 10.4 Å². The van der Waals surface area contributed by atoms with Crippen LogP contribution in [0.15, 0.2) is 33.2 Å². The van der Waals surface area contributed by atoms with E-state index in [9.17, 15) is 14.4 Å². The number of nitrogens with zero attached hydrogens (tertiary/aromatic N) is 3. The number of ether oxygens (including phenoxy) is 1. The summed E-state index contributed by atoms with van der Waals surface area (Å²) >= 11 is 1.43. The lowest BCUT2D eigenvalue weighted by Crippen LogP contribution is -2.37. The van der Waals surface area contributed by atoms with Crippen molar-refractivity contribution in [3.63, 3.8) is 0 Å². The van der Waals surface area contributed by atoms with E-state index in [0.717, 1.165) is 9.44 Å². The van der Waals surface area contributed by atoms with Crippen LogP contribution < -0.4 is 11.2 Å². The maximum atomic E-state index is 12.6. The van der Waals surface area contributed by atoms with Crippen LogP contribution in [-0.4, -0.2) is 27.2 Å². The van der Waals surface area contributed by atoms with Crippen LogP contribution in [0.1, 0.15) is 10.5 Å². The third-order valence-corrected chi connectivity index (χ3v) is 4.49. The first-order chi connectivity index (χ1) is 11.0.